The van der Waals surface area contributed by atoms with E-state index in [1.807, 2.05) is 25.2 Å². The molecular weight excluding hydrogens is 339 g/mol. The molecule has 0 amide bonds. The van der Waals surface area contributed by atoms with Crippen LogP contribution >= 0.6 is 0 Å². The Balaban J connectivity index is 1.64. The van der Waals surface area contributed by atoms with Gasteiger partial charge in [0.05, 0.1) is 0 Å². The molecule has 4 aromatic rings. The largest absolute Gasteiger partial charge is 0.358 e. The Morgan fingerprint density at radius 2 is 1.93 bits per heavy atom. The monoisotopic (exact) mass is 358 g/mol. The van der Waals surface area contributed by atoms with Crippen LogP contribution in [-0.2, 0) is 6.54 Å². The number of para-hydroxylation sites is 1. The number of fused-ring (bicyclic) bond motifs is 2. The summed E-state index contributed by atoms with van der Waals surface area (Å²) in [5.41, 5.74) is 5.31. The molecule has 0 saturated carbocycles. The zero-order valence-corrected chi connectivity index (χ0v) is 15.0. The maximum Gasteiger partial charge on any atom is 0.135 e. The van der Waals surface area contributed by atoms with Gasteiger partial charge in [-0.15, -0.1) is 0 Å². The highest BCUT2D eigenvalue weighted by molar-refractivity contribution is 5.80. The lowest BCUT2D eigenvalue weighted by molar-refractivity contribution is 0.287. The molecule has 1 aliphatic heterocycles. The lowest BCUT2D eigenvalue weighted by atomic mass is 9.85. The van der Waals surface area contributed by atoms with Crippen molar-refractivity contribution < 1.29 is 4.39 Å². The summed E-state index contributed by atoms with van der Waals surface area (Å²) in [6, 6.07) is 14.3. The van der Waals surface area contributed by atoms with Gasteiger partial charge in [-0.05, 0) is 30.1 Å². The number of nitrogens with one attached hydrogen (secondary N) is 1. The summed E-state index contributed by atoms with van der Waals surface area (Å²) in [7, 11) is 2.04. The molecule has 5 rings (SSSR count). The van der Waals surface area contributed by atoms with Gasteiger partial charge in [0.1, 0.15) is 12.1 Å². The second-order valence-corrected chi connectivity index (χ2v) is 7.18. The molecule has 2 aromatic carbocycles. The van der Waals surface area contributed by atoms with Crippen LogP contribution in [0.3, 0.4) is 0 Å². The van der Waals surface area contributed by atoms with Gasteiger partial charge in [0, 0.05) is 59.3 Å². The average Bonchev–Trinajstić information content (AvgIpc) is 3.13. The fourth-order valence-electron chi connectivity index (χ4n) is 4.08. The predicted octanol–water partition coefficient (Wildman–Crippen LogP) is 4.34. The molecule has 5 heteroatoms. The molecule has 1 atom stereocenters. The quantitative estimate of drug-likeness (QED) is 0.580. The first-order chi connectivity index (χ1) is 13.2. The van der Waals surface area contributed by atoms with Crippen LogP contribution in [-0.4, -0.2) is 33.4 Å². The van der Waals surface area contributed by atoms with Crippen molar-refractivity contribution in [2.45, 2.75) is 12.5 Å². The standard InChI is InChI=1S/C22H19FN4/c1-27-11-18(21-8-14-4-2-3-5-20(14)26-21)17-7-6-16(22(23)19(17)12-27)15-9-24-13-25-10-15/h2-10,13,18,26H,11-12H2,1H3. The van der Waals surface area contributed by atoms with Crippen LogP contribution in [0.1, 0.15) is 22.7 Å². The highest BCUT2D eigenvalue weighted by Gasteiger charge is 2.29. The number of aromatic nitrogens is 3. The molecule has 134 valence electrons. The summed E-state index contributed by atoms with van der Waals surface area (Å²) in [6.45, 7) is 1.45. The van der Waals surface area contributed by atoms with Gasteiger partial charge >= 0.3 is 0 Å². The molecule has 1 unspecified atom stereocenters. The molecule has 0 aliphatic carbocycles. The van der Waals surface area contributed by atoms with Gasteiger partial charge in [0.2, 0.25) is 0 Å². The minimum atomic E-state index is -0.171. The van der Waals surface area contributed by atoms with Gasteiger partial charge in [-0.25, -0.2) is 14.4 Å². The zero-order chi connectivity index (χ0) is 18.4. The number of H-pyrrole nitrogens is 1. The molecule has 0 fully saturated rings. The smallest absolute Gasteiger partial charge is 0.135 e. The zero-order valence-electron chi connectivity index (χ0n) is 15.0. The number of rotatable bonds is 2. The summed E-state index contributed by atoms with van der Waals surface area (Å²) >= 11 is 0. The minimum absolute atomic E-state index is 0.113. The van der Waals surface area contributed by atoms with Gasteiger partial charge in [-0.1, -0.05) is 30.3 Å². The molecule has 2 aromatic heterocycles. The lowest BCUT2D eigenvalue weighted by Gasteiger charge is -2.32. The van der Waals surface area contributed by atoms with E-state index in [9.17, 15) is 0 Å². The van der Waals surface area contributed by atoms with Crippen LogP contribution in [0.4, 0.5) is 4.39 Å². The molecule has 0 radical (unpaired) electrons. The highest BCUT2D eigenvalue weighted by atomic mass is 19.1. The number of hydrogen-bond donors (Lipinski definition) is 1. The van der Waals surface area contributed by atoms with Gasteiger partial charge in [-0.3, -0.25) is 0 Å². The van der Waals surface area contributed by atoms with Gasteiger partial charge in [0.15, 0.2) is 0 Å². The molecule has 1 aliphatic rings. The van der Waals surface area contributed by atoms with Crippen molar-refractivity contribution in [1.82, 2.24) is 19.9 Å². The molecular formula is C22H19FN4. The second kappa shape index (κ2) is 6.28. The first-order valence-corrected chi connectivity index (χ1v) is 9.03. The molecule has 27 heavy (non-hydrogen) atoms. The fraction of sp³-hybridized carbons (Fsp3) is 0.182. The number of benzene rings is 2. The summed E-state index contributed by atoms with van der Waals surface area (Å²) in [6.07, 6.45) is 4.76. The van der Waals surface area contributed by atoms with E-state index in [1.54, 1.807) is 12.4 Å². The molecule has 0 spiro atoms. The Morgan fingerprint density at radius 1 is 1.11 bits per heavy atom. The molecule has 1 N–H and O–H groups in total. The SMILES string of the molecule is CN1Cc2c(ccc(-c3cncnc3)c2F)C(c2cc3ccccc3[nH]2)C1. The summed E-state index contributed by atoms with van der Waals surface area (Å²) in [4.78, 5) is 13.7. The topological polar surface area (TPSA) is 44.8 Å². The molecule has 3 heterocycles. The number of aromatic amines is 1. The van der Waals surface area contributed by atoms with Gasteiger partial charge < -0.3 is 9.88 Å². The Bertz CT molecular complexity index is 1090. The Morgan fingerprint density at radius 3 is 2.74 bits per heavy atom. The van der Waals surface area contributed by atoms with Crippen LogP contribution < -0.4 is 0 Å². The molecule has 0 saturated heterocycles. The van der Waals surface area contributed by atoms with E-state index in [1.165, 1.54) is 11.7 Å². The van der Waals surface area contributed by atoms with Gasteiger partial charge in [0.25, 0.3) is 0 Å². The van der Waals surface area contributed by atoms with Crippen molar-refractivity contribution in [2.75, 3.05) is 13.6 Å². The van der Waals surface area contributed by atoms with Crippen molar-refractivity contribution in [3.05, 3.63) is 83.8 Å². The number of likely N-dealkylation sites (N-methyl/N-ethyl adjacent to an activating group) is 1. The number of nitrogens with zero attached hydrogens (tertiary/aromatic N) is 3. The van der Waals surface area contributed by atoms with Crippen LogP contribution in [0.15, 0.2) is 61.2 Å². The van der Waals surface area contributed by atoms with E-state index in [-0.39, 0.29) is 11.7 Å². The highest BCUT2D eigenvalue weighted by Crippen LogP contribution is 2.38. The predicted molar refractivity (Wildman–Crippen MR) is 104 cm³/mol. The van der Waals surface area contributed by atoms with Gasteiger partial charge in [-0.2, -0.15) is 0 Å². The van der Waals surface area contributed by atoms with Crippen molar-refractivity contribution in [3.8, 4) is 11.1 Å². The third-order valence-electron chi connectivity index (χ3n) is 5.37. The first kappa shape index (κ1) is 16.1. The second-order valence-electron chi connectivity index (χ2n) is 7.18. The van der Waals surface area contributed by atoms with E-state index in [0.29, 0.717) is 17.7 Å². The Labute approximate surface area is 156 Å². The van der Waals surface area contributed by atoms with Crippen LogP contribution in [0.2, 0.25) is 0 Å². The summed E-state index contributed by atoms with van der Waals surface area (Å²) in [5.74, 6) is -0.0586. The number of hydrogen-bond acceptors (Lipinski definition) is 3. The van der Waals surface area contributed by atoms with E-state index >= 15 is 4.39 Å². The van der Waals surface area contributed by atoms with Crippen LogP contribution in [0, 0.1) is 5.82 Å². The maximum absolute atomic E-state index is 15.4. The Kier molecular flexibility index (Phi) is 3.76. The summed E-state index contributed by atoms with van der Waals surface area (Å²) in [5, 5.41) is 1.18. The molecule has 0 bridgehead atoms. The van der Waals surface area contributed by atoms with E-state index in [0.717, 1.165) is 28.9 Å². The van der Waals surface area contributed by atoms with Crippen molar-refractivity contribution in [1.29, 1.82) is 0 Å². The average molecular weight is 358 g/mol. The molecule has 4 nitrogen and oxygen atoms in total. The third-order valence-corrected chi connectivity index (χ3v) is 5.37. The van der Waals surface area contributed by atoms with Crippen molar-refractivity contribution in [2.24, 2.45) is 0 Å². The van der Waals surface area contributed by atoms with E-state index in [2.05, 4.69) is 44.1 Å². The van der Waals surface area contributed by atoms with E-state index in [4.69, 9.17) is 0 Å². The minimum Gasteiger partial charge on any atom is -0.358 e. The van der Waals surface area contributed by atoms with Crippen molar-refractivity contribution >= 4 is 10.9 Å². The first-order valence-electron chi connectivity index (χ1n) is 9.03. The summed E-state index contributed by atoms with van der Waals surface area (Å²) < 4.78 is 15.4. The Hall–Kier alpha value is -3.05. The number of halogens is 1. The van der Waals surface area contributed by atoms with E-state index < -0.39 is 0 Å². The van der Waals surface area contributed by atoms with Crippen LogP contribution in [0.5, 0.6) is 0 Å². The van der Waals surface area contributed by atoms with Crippen molar-refractivity contribution in [3.63, 3.8) is 0 Å². The third kappa shape index (κ3) is 2.71. The lowest BCUT2D eigenvalue weighted by Crippen LogP contribution is -2.32. The van der Waals surface area contributed by atoms with Crippen LogP contribution in [0.25, 0.3) is 22.0 Å². The fourth-order valence-corrected chi connectivity index (χ4v) is 4.08. The maximum atomic E-state index is 15.4. The normalized spacial score (nSPS) is 17.2.